The van der Waals surface area contributed by atoms with E-state index >= 15 is 0 Å². The zero-order valence-electron chi connectivity index (χ0n) is 11.4. The number of aryl methyl sites for hydroxylation is 1. The van der Waals surface area contributed by atoms with Gasteiger partial charge < -0.3 is 10.4 Å². The van der Waals surface area contributed by atoms with Gasteiger partial charge >= 0.3 is 0 Å². The summed E-state index contributed by atoms with van der Waals surface area (Å²) in [6.45, 7) is 1.46. The van der Waals surface area contributed by atoms with E-state index in [1.165, 1.54) is 12.1 Å². The smallest absolute Gasteiger partial charge is 0.256 e. The van der Waals surface area contributed by atoms with Crippen LogP contribution < -0.4 is 5.32 Å². The number of carbonyl (C=O) groups excluding carboxylic acids is 1. The predicted molar refractivity (Wildman–Crippen MR) is 77.3 cm³/mol. The summed E-state index contributed by atoms with van der Waals surface area (Å²) in [7, 11) is 0. The highest BCUT2D eigenvalue weighted by Gasteiger charge is 2.09. The van der Waals surface area contributed by atoms with Crippen molar-refractivity contribution in [3.63, 3.8) is 0 Å². The molecule has 106 valence electrons. The minimum atomic E-state index is -0.610. The number of hydrogen-bond donors (Lipinski definition) is 2. The Bertz CT molecular complexity index is 733. The molecule has 0 fully saturated rings. The monoisotopic (exact) mass is 284 g/mol. The summed E-state index contributed by atoms with van der Waals surface area (Å²) in [5.74, 6) is 4.17. The van der Waals surface area contributed by atoms with E-state index in [0.717, 1.165) is 11.8 Å². The third-order valence-electron chi connectivity index (χ3n) is 2.66. The zero-order valence-corrected chi connectivity index (χ0v) is 11.4. The Morgan fingerprint density at radius 3 is 2.86 bits per heavy atom. The van der Waals surface area contributed by atoms with Crippen molar-refractivity contribution in [2.45, 2.75) is 6.92 Å². The molecule has 0 saturated heterocycles. The van der Waals surface area contributed by atoms with Crippen LogP contribution in [0.2, 0.25) is 0 Å². The molecule has 0 bridgehead atoms. The number of amides is 1. The number of nitrogens with one attached hydrogen (secondary N) is 1. The lowest BCUT2D eigenvalue weighted by Gasteiger charge is -2.05. The maximum atomic E-state index is 13.8. The first kappa shape index (κ1) is 14.7. The molecule has 0 aliphatic heterocycles. The van der Waals surface area contributed by atoms with Gasteiger partial charge in [0.1, 0.15) is 18.2 Å². The highest BCUT2D eigenvalue weighted by molar-refractivity contribution is 6.03. The highest BCUT2D eigenvalue weighted by Crippen LogP contribution is 2.12. The molecule has 2 rings (SSSR count). The molecule has 1 amide bonds. The minimum absolute atomic E-state index is 0.134. The SMILES string of the molecule is Cc1cccc(NC(=O)c2ccc(C#CCO)c(F)c2)n1. The number of aromatic nitrogens is 1. The first-order valence-electron chi connectivity index (χ1n) is 6.24. The Balaban J connectivity index is 2.18. The van der Waals surface area contributed by atoms with E-state index in [-0.39, 0.29) is 17.7 Å². The van der Waals surface area contributed by atoms with Gasteiger partial charge in [-0.3, -0.25) is 4.79 Å². The van der Waals surface area contributed by atoms with Gasteiger partial charge in [0.15, 0.2) is 0 Å². The molecule has 1 heterocycles. The van der Waals surface area contributed by atoms with Crippen LogP contribution in [-0.4, -0.2) is 22.6 Å². The Morgan fingerprint density at radius 2 is 2.19 bits per heavy atom. The molecule has 2 N–H and O–H groups in total. The summed E-state index contributed by atoms with van der Waals surface area (Å²) in [5.41, 5.74) is 1.08. The molecule has 5 heteroatoms. The lowest BCUT2D eigenvalue weighted by atomic mass is 10.1. The number of pyridine rings is 1. The van der Waals surface area contributed by atoms with Crippen molar-refractivity contribution in [3.8, 4) is 11.8 Å². The largest absolute Gasteiger partial charge is 0.384 e. The molecule has 0 saturated carbocycles. The molecule has 1 aromatic heterocycles. The normalized spacial score (nSPS) is 9.67. The molecule has 0 unspecified atom stereocenters. The Kier molecular flexibility index (Phi) is 4.64. The second-order valence-electron chi connectivity index (χ2n) is 4.27. The van der Waals surface area contributed by atoms with Gasteiger partial charge in [-0.25, -0.2) is 9.37 Å². The van der Waals surface area contributed by atoms with E-state index in [4.69, 9.17) is 5.11 Å². The average Bonchev–Trinajstić information content (AvgIpc) is 2.46. The third kappa shape index (κ3) is 3.88. The zero-order chi connectivity index (χ0) is 15.2. The van der Waals surface area contributed by atoms with Crippen LogP contribution in [0.5, 0.6) is 0 Å². The highest BCUT2D eigenvalue weighted by atomic mass is 19.1. The summed E-state index contributed by atoms with van der Waals surface area (Å²) >= 11 is 0. The van der Waals surface area contributed by atoms with Crippen molar-refractivity contribution in [3.05, 3.63) is 59.0 Å². The predicted octanol–water partition coefficient (Wildman–Crippen LogP) is 2.13. The summed E-state index contributed by atoms with van der Waals surface area (Å²) in [5, 5.41) is 11.2. The fourth-order valence-corrected chi connectivity index (χ4v) is 1.69. The van der Waals surface area contributed by atoms with Crippen LogP contribution in [-0.2, 0) is 0 Å². The topological polar surface area (TPSA) is 62.2 Å². The number of nitrogens with zero attached hydrogens (tertiary/aromatic N) is 1. The quantitative estimate of drug-likeness (QED) is 0.830. The lowest BCUT2D eigenvalue weighted by Crippen LogP contribution is -2.13. The van der Waals surface area contributed by atoms with Crippen LogP contribution >= 0.6 is 0 Å². The molecule has 0 aliphatic rings. The van der Waals surface area contributed by atoms with E-state index < -0.39 is 11.7 Å². The molecule has 0 radical (unpaired) electrons. The summed E-state index contributed by atoms with van der Waals surface area (Å²) in [6, 6.07) is 9.21. The number of aliphatic hydroxyl groups excluding tert-OH is 1. The average molecular weight is 284 g/mol. The van der Waals surface area contributed by atoms with Crippen molar-refractivity contribution in [2.75, 3.05) is 11.9 Å². The van der Waals surface area contributed by atoms with E-state index in [1.807, 2.05) is 13.0 Å². The Morgan fingerprint density at radius 1 is 1.38 bits per heavy atom. The van der Waals surface area contributed by atoms with E-state index in [9.17, 15) is 9.18 Å². The third-order valence-corrected chi connectivity index (χ3v) is 2.66. The van der Waals surface area contributed by atoms with Gasteiger partial charge in [0, 0.05) is 11.3 Å². The number of aliphatic hydroxyl groups is 1. The summed E-state index contributed by atoms with van der Waals surface area (Å²) in [6.07, 6.45) is 0. The summed E-state index contributed by atoms with van der Waals surface area (Å²) in [4.78, 5) is 16.2. The number of halogens is 1. The Hall–Kier alpha value is -2.71. The second kappa shape index (κ2) is 6.64. The molecular formula is C16H13FN2O2. The van der Waals surface area contributed by atoms with Gasteiger partial charge in [-0.2, -0.15) is 0 Å². The Labute approximate surface area is 121 Å². The number of anilines is 1. The minimum Gasteiger partial charge on any atom is -0.384 e. The van der Waals surface area contributed by atoms with Gasteiger partial charge in [-0.05, 0) is 37.3 Å². The van der Waals surface area contributed by atoms with Gasteiger partial charge in [0.25, 0.3) is 5.91 Å². The fraction of sp³-hybridized carbons (Fsp3) is 0.125. The van der Waals surface area contributed by atoms with Gasteiger partial charge in [-0.1, -0.05) is 17.9 Å². The van der Waals surface area contributed by atoms with Crippen LogP contribution in [0.4, 0.5) is 10.2 Å². The van der Waals surface area contributed by atoms with Crippen LogP contribution in [0.3, 0.4) is 0 Å². The van der Waals surface area contributed by atoms with Crippen LogP contribution in [0.15, 0.2) is 36.4 Å². The van der Waals surface area contributed by atoms with E-state index in [1.54, 1.807) is 12.1 Å². The fourth-order valence-electron chi connectivity index (χ4n) is 1.69. The van der Waals surface area contributed by atoms with Crippen LogP contribution in [0, 0.1) is 24.6 Å². The lowest BCUT2D eigenvalue weighted by molar-refractivity contribution is 0.102. The van der Waals surface area contributed by atoms with Gasteiger partial charge in [-0.15, -0.1) is 0 Å². The first-order chi connectivity index (χ1) is 10.1. The molecule has 0 spiro atoms. The van der Waals surface area contributed by atoms with Crippen LogP contribution in [0.25, 0.3) is 0 Å². The summed E-state index contributed by atoms with van der Waals surface area (Å²) < 4.78 is 13.8. The molecule has 0 atom stereocenters. The van der Waals surface area contributed by atoms with Gasteiger partial charge in [0.05, 0.1) is 5.56 Å². The molecule has 4 nitrogen and oxygen atoms in total. The van der Waals surface area contributed by atoms with Crippen molar-refractivity contribution in [1.82, 2.24) is 4.98 Å². The maximum Gasteiger partial charge on any atom is 0.256 e. The van der Waals surface area contributed by atoms with Crippen molar-refractivity contribution in [2.24, 2.45) is 0 Å². The number of hydrogen-bond acceptors (Lipinski definition) is 3. The number of carbonyl (C=O) groups is 1. The van der Waals surface area contributed by atoms with E-state index in [2.05, 4.69) is 22.1 Å². The first-order valence-corrected chi connectivity index (χ1v) is 6.24. The molecular weight excluding hydrogens is 271 g/mol. The number of rotatable bonds is 2. The number of benzene rings is 1. The second-order valence-corrected chi connectivity index (χ2v) is 4.27. The molecule has 21 heavy (non-hydrogen) atoms. The molecule has 0 aliphatic carbocycles. The maximum absolute atomic E-state index is 13.8. The van der Waals surface area contributed by atoms with Crippen molar-refractivity contribution < 1.29 is 14.3 Å². The standard InChI is InChI=1S/C16H13FN2O2/c1-11-4-2-6-15(18-11)19-16(21)13-8-7-12(5-3-9-20)14(17)10-13/h2,4,6-8,10,20H,9H2,1H3,(H,18,19,21). The molecule has 2 aromatic rings. The van der Waals surface area contributed by atoms with Crippen molar-refractivity contribution in [1.29, 1.82) is 0 Å². The van der Waals surface area contributed by atoms with Crippen molar-refractivity contribution >= 4 is 11.7 Å². The van der Waals surface area contributed by atoms with E-state index in [0.29, 0.717) is 5.82 Å². The molecule has 1 aromatic carbocycles. The van der Waals surface area contributed by atoms with Gasteiger partial charge in [0.2, 0.25) is 0 Å². The van der Waals surface area contributed by atoms with Crippen LogP contribution in [0.1, 0.15) is 21.6 Å².